The van der Waals surface area contributed by atoms with Crippen molar-refractivity contribution < 1.29 is 34.1 Å². The fraction of sp³-hybridized carbons (Fsp3) is 0.362. The van der Waals surface area contributed by atoms with E-state index < -0.39 is 5.79 Å². The summed E-state index contributed by atoms with van der Waals surface area (Å²) in [6.45, 7) is 4.95. The molecule has 292 valence electrons. The van der Waals surface area contributed by atoms with Crippen molar-refractivity contribution in [2.75, 3.05) is 19.8 Å². The molecule has 3 aliphatic rings. The number of thioether (sulfide) groups is 1. The van der Waals surface area contributed by atoms with Gasteiger partial charge in [0.1, 0.15) is 30.1 Å². The second-order valence-corrected chi connectivity index (χ2v) is 16.0. The molecule has 0 spiro atoms. The molecule has 0 radical (unpaired) electrons. The van der Waals surface area contributed by atoms with E-state index in [4.69, 9.17) is 24.2 Å². The van der Waals surface area contributed by atoms with Crippen LogP contribution in [0.25, 0.3) is 0 Å². The number of allylic oxidation sites excluding steroid dienone is 1. The number of carbonyl (C=O) groups is 1. The van der Waals surface area contributed by atoms with Gasteiger partial charge in [-0.15, -0.1) is 18.3 Å². The van der Waals surface area contributed by atoms with Gasteiger partial charge in [-0.2, -0.15) is 0 Å². The van der Waals surface area contributed by atoms with E-state index in [0.717, 1.165) is 71.4 Å². The number of unbranched alkanes of at least 4 members (excludes halogenated alkanes) is 2. The Kier molecular flexibility index (Phi) is 13.4. The van der Waals surface area contributed by atoms with Crippen LogP contribution in [-0.4, -0.2) is 53.1 Å². The second kappa shape index (κ2) is 19.0. The summed E-state index contributed by atoms with van der Waals surface area (Å²) in [6.07, 6.45) is 10.5. The minimum absolute atomic E-state index is 0.0789. The maximum Gasteiger partial charge on any atom is 0.231 e. The van der Waals surface area contributed by atoms with Crippen molar-refractivity contribution >= 4 is 23.8 Å². The van der Waals surface area contributed by atoms with Gasteiger partial charge in [0.2, 0.25) is 5.79 Å². The number of hydrogen-bond acceptors (Lipinski definition) is 9. The Labute approximate surface area is 334 Å². The number of aliphatic hydroxyl groups excluding tert-OH is 2. The number of aliphatic hydroxyl groups is 2. The van der Waals surface area contributed by atoms with Crippen LogP contribution in [0.5, 0.6) is 17.2 Å². The van der Waals surface area contributed by atoms with Crippen molar-refractivity contribution in [1.82, 2.24) is 0 Å². The van der Waals surface area contributed by atoms with Crippen molar-refractivity contribution in [2.24, 2.45) is 22.9 Å². The Balaban J connectivity index is 1.40. The van der Waals surface area contributed by atoms with E-state index in [-0.39, 0.29) is 48.7 Å². The molecule has 1 aliphatic heterocycles. The number of rotatable bonds is 19. The van der Waals surface area contributed by atoms with E-state index >= 15 is 0 Å². The van der Waals surface area contributed by atoms with E-state index in [9.17, 15) is 15.0 Å². The summed E-state index contributed by atoms with van der Waals surface area (Å²) in [6, 6.07) is 33.6. The van der Waals surface area contributed by atoms with Crippen molar-refractivity contribution in [3.63, 3.8) is 0 Å². The first-order chi connectivity index (χ1) is 27.6. The van der Waals surface area contributed by atoms with E-state index in [1.54, 1.807) is 30.0 Å². The van der Waals surface area contributed by atoms with Gasteiger partial charge in [-0.3, -0.25) is 4.79 Å². The SMILES string of the molecule is C=CCOC12Oc3ccc(Oc4cccc(C=O)c4)cc3C3C(CCCCO)C(CCCCO)C=C(C(=NOCc4ccccc4)CC1Sc1ccccc1)C32. The Morgan fingerprint density at radius 3 is 2.38 bits per heavy atom. The number of nitrogens with zero attached hydrogens (tertiary/aromatic N) is 1. The molecule has 0 aromatic heterocycles. The quantitative estimate of drug-likeness (QED) is 0.0420. The zero-order valence-corrected chi connectivity index (χ0v) is 32.5. The highest BCUT2D eigenvalue weighted by Crippen LogP contribution is 2.63. The van der Waals surface area contributed by atoms with Gasteiger partial charge in [0.05, 0.1) is 23.5 Å². The van der Waals surface area contributed by atoms with Crippen LogP contribution >= 0.6 is 11.8 Å². The molecule has 1 saturated carbocycles. The molecule has 56 heavy (non-hydrogen) atoms. The van der Waals surface area contributed by atoms with Gasteiger partial charge in [-0.05, 0) is 91.1 Å². The highest BCUT2D eigenvalue weighted by atomic mass is 32.2. The van der Waals surface area contributed by atoms with Crippen molar-refractivity contribution in [3.05, 3.63) is 144 Å². The van der Waals surface area contributed by atoms with Gasteiger partial charge < -0.3 is 29.3 Å². The molecule has 0 saturated heterocycles. The maximum atomic E-state index is 11.6. The number of hydrogen-bond donors (Lipinski definition) is 2. The highest BCUT2D eigenvalue weighted by molar-refractivity contribution is 8.00. The maximum absolute atomic E-state index is 11.6. The standard InChI is InChI=1S/C47H51NO7S/c1-2-26-52-47-44(56-38-19-7-4-8-20-38)30-42(48-53-32-33-14-5-3-6-15-33)40-28-35(17-9-11-24-49)39(21-10-12-25-50)45(46(40)47)41-29-37(22-23-43(41)55-47)54-36-18-13-16-34(27-36)31-51/h2-8,13-16,18-20,22-23,27-29,31,35,39,44-46,49-50H,1,9-12,17,21,24-26,30,32H2. The summed E-state index contributed by atoms with van der Waals surface area (Å²) in [5.41, 5.74) is 4.55. The minimum Gasteiger partial charge on any atom is -0.460 e. The van der Waals surface area contributed by atoms with Gasteiger partial charge in [0, 0.05) is 41.6 Å². The van der Waals surface area contributed by atoms with Crippen LogP contribution in [0, 0.1) is 17.8 Å². The summed E-state index contributed by atoms with van der Waals surface area (Å²) < 4.78 is 20.8. The van der Waals surface area contributed by atoms with E-state index in [0.29, 0.717) is 36.5 Å². The largest absolute Gasteiger partial charge is 0.460 e. The molecular formula is C47H51NO7S. The fourth-order valence-corrected chi connectivity index (χ4v) is 10.0. The molecule has 2 N–H and O–H groups in total. The van der Waals surface area contributed by atoms with E-state index in [1.165, 1.54) is 0 Å². The molecule has 0 bridgehead atoms. The normalized spacial score (nSPS) is 24.3. The Morgan fingerprint density at radius 1 is 0.875 bits per heavy atom. The van der Waals surface area contributed by atoms with Gasteiger partial charge in [-0.1, -0.05) is 90.8 Å². The Hall–Kier alpha value is -4.67. The molecule has 0 amide bonds. The number of oxime groups is 1. The molecule has 8 nitrogen and oxygen atoms in total. The number of fused-ring (bicyclic) bond motifs is 2. The van der Waals surface area contributed by atoms with Gasteiger partial charge in [0.15, 0.2) is 0 Å². The summed E-state index contributed by atoms with van der Waals surface area (Å²) in [5.74, 6) is 0.824. The second-order valence-electron chi connectivity index (χ2n) is 14.7. The summed E-state index contributed by atoms with van der Waals surface area (Å²) >= 11 is 1.73. The van der Waals surface area contributed by atoms with Crippen molar-refractivity contribution in [2.45, 2.75) is 73.4 Å². The molecule has 2 aliphatic carbocycles. The molecule has 6 atom stereocenters. The lowest BCUT2D eigenvalue weighted by Crippen LogP contribution is -2.64. The van der Waals surface area contributed by atoms with Crippen molar-refractivity contribution in [3.8, 4) is 17.2 Å². The lowest BCUT2D eigenvalue weighted by atomic mass is 9.56. The fourth-order valence-electron chi connectivity index (χ4n) is 8.70. The predicted molar refractivity (Wildman–Crippen MR) is 220 cm³/mol. The lowest BCUT2D eigenvalue weighted by molar-refractivity contribution is -0.223. The van der Waals surface area contributed by atoms with Gasteiger partial charge in [0.25, 0.3) is 0 Å². The third-order valence-corrected chi connectivity index (χ3v) is 12.4. The number of ether oxygens (including phenoxy) is 3. The van der Waals surface area contributed by atoms with Crippen LogP contribution in [-0.2, 0) is 16.2 Å². The zero-order chi connectivity index (χ0) is 38.7. The molecule has 6 unspecified atom stereocenters. The predicted octanol–water partition coefficient (Wildman–Crippen LogP) is 9.92. The summed E-state index contributed by atoms with van der Waals surface area (Å²) in [7, 11) is 0. The van der Waals surface area contributed by atoms with Crippen LogP contribution in [0.15, 0.2) is 137 Å². The van der Waals surface area contributed by atoms with Crippen LogP contribution in [0.4, 0.5) is 0 Å². The molecular weight excluding hydrogens is 723 g/mol. The average molecular weight is 774 g/mol. The molecule has 9 heteroatoms. The molecule has 4 aromatic carbocycles. The zero-order valence-electron chi connectivity index (χ0n) is 31.7. The van der Waals surface area contributed by atoms with E-state index in [2.05, 4.69) is 30.9 Å². The van der Waals surface area contributed by atoms with Crippen molar-refractivity contribution in [1.29, 1.82) is 0 Å². The summed E-state index contributed by atoms with van der Waals surface area (Å²) in [4.78, 5) is 18.9. The highest BCUT2D eigenvalue weighted by Gasteiger charge is 2.64. The van der Waals surface area contributed by atoms with Crippen LogP contribution in [0.1, 0.15) is 72.3 Å². The number of benzene rings is 4. The van der Waals surface area contributed by atoms with Gasteiger partial charge >= 0.3 is 0 Å². The number of carbonyl (C=O) groups excluding carboxylic acids is 1. The smallest absolute Gasteiger partial charge is 0.231 e. The minimum atomic E-state index is -1.09. The monoisotopic (exact) mass is 773 g/mol. The first kappa shape index (κ1) is 39.6. The molecule has 1 heterocycles. The third kappa shape index (κ3) is 8.82. The lowest BCUT2D eigenvalue weighted by Gasteiger charge is -2.58. The van der Waals surface area contributed by atoms with Crippen LogP contribution < -0.4 is 9.47 Å². The van der Waals surface area contributed by atoms with E-state index in [1.807, 2.05) is 72.8 Å². The third-order valence-electron chi connectivity index (χ3n) is 11.1. The Morgan fingerprint density at radius 2 is 1.62 bits per heavy atom. The summed E-state index contributed by atoms with van der Waals surface area (Å²) in [5, 5.41) is 24.5. The molecule has 7 rings (SSSR count). The molecule has 1 fully saturated rings. The molecule has 4 aromatic rings. The van der Waals surface area contributed by atoms with Crippen LogP contribution in [0.2, 0.25) is 0 Å². The van der Waals surface area contributed by atoms with Crippen LogP contribution in [0.3, 0.4) is 0 Å². The Bertz CT molecular complexity index is 1980. The first-order valence-corrected chi connectivity index (χ1v) is 20.6. The number of aldehydes is 1. The van der Waals surface area contributed by atoms with Gasteiger partial charge in [-0.25, -0.2) is 0 Å². The first-order valence-electron chi connectivity index (χ1n) is 19.8. The topological polar surface area (TPSA) is 107 Å². The average Bonchev–Trinajstić information content (AvgIpc) is 3.23.